The van der Waals surface area contributed by atoms with E-state index in [2.05, 4.69) is 0 Å². The molecule has 2 rings (SSSR count). The zero-order chi connectivity index (χ0) is 14.6. The van der Waals surface area contributed by atoms with Crippen molar-refractivity contribution in [3.63, 3.8) is 0 Å². The van der Waals surface area contributed by atoms with E-state index in [4.69, 9.17) is 4.74 Å². The fraction of sp³-hybridized carbons (Fsp3) is 1.00. The van der Waals surface area contributed by atoms with E-state index in [1.807, 2.05) is 0 Å². The summed E-state index contributed by atoms with van der Waals surface area (Å²) in [5.74, 6) is 0.367. The van der Waals surface area contributed by atoms with E-state index in [-0.39, 0.29) is 12.5 Å². The lowest BCUT2D eigenvalue weighted by Crippen LogP contribution is -2.48. The molecular formula is C13H26N2O4S. The molecule has 2 aliphatic heterocycles. The summed E-state index contributed by atoms with van der Waals surface area (Å²) in [6, 6.07) is 0. The molecule has 20 heavy (non-hydrogen) atoms. The number of hydrogen-bond acceptors (Lipinski definition) is 4. The van der Waals surface area contributed by atoms with Gasteiger partial charge in [-0.05, 0) is 37.5 Å². The average Bonchev–Trinajstić information content (AvgIpc) is 2.48. The normalized spacial score (nSPS) is 29.8. The van der Waals surface area contributed by atoms with E-state index < -0.39 is 10.2 Å². The van der Waals surface area contributed by atoms with Gasteiger partial charge in [0.25, 0.3) is 10.2 Å². The van der Waals surface area contributed by atoms with Crippen LogP contribution in [0.4, 0.5) is 0 Å². The molecule has 0 amide bonds. The number of aliphatic hydroxyl groups is 1. The van der Waals surface area contributed by atoms with Gasteiger partial charge in [0.2, 0.25) is 0 Å². The van der Waals surface area contributed by atoms with Crippen molar-refractivity contribution in [3.05, 3.63) is 0 Å². The first-order chi connectivity index (χ1) is 9.54. The monoisotopic (exact) mass is 306 g/mol. The van der Waals surface area contributed by atoms with Crippen LogP contribution < -0.4 is 0 Å². The first kappa shape index (κ1) is 16.2. The van der Waals surface area contributed by atoms with Crippen molar-refractivity contribution in [1.29, 1.82) is 0 Å². The van der Waals surface area contributed by atoms with Gasteiger partial charge in [-0.2, -0.15) is 17.0 Å². The second-order valence-corrected chi connectivity index (χ2v) is 7.96. The summed E-state index contributed by atoms with van der Waals surface area (Å²) in [4.78, 5) is 0. The van der Waals surface area contributed by atoms with Gasteiger partial charge < -0.3 is 9.84 Å². The quantitative estimate of drug-likeness (QED) is 0.793. The Balaban J connectivity index is 1.93. The highest BCUT2D eigenvalue weighted by molar-refractivity contribution is 7.86. The summed E-state index contributed by atoms with van der Waals surface area (Å²) < 4.78 is 33.5. The maximum atomic E-state index is 12.6. The zero-order valence-electron chi connectivity index (χ0n) is 12.2. The van der Waals surface area contributed by atoms with Gasteiger partial charge in [-0.3, -0.25) is 0 Å². The van der Waals surface area contributed by atoms with Crippen LogP contribution in [-0.4, -0.2) is 68.6 Å². The van der Waals surface area contributed by atoms with Crippen LogP contribution in [0.15, 0.2) is 0 Å². The molecule has 6 nitrogen and oxygen atoms in total. The fourth-order valence-corrected chi connectivity index (χ4v) is 4.54. The van der Waals surface area contributed by atoms with Crippen LogP contribution in [0.2, 0.25) is 0 Å². The maximum Gasteiger partial charge on any atom is 0.281 e. The summed E-state index contributed by atoms with van der Waals surface area (Å²) in [6.45, 7) is 3.01. The van der Waals surface area contributed by atoms with Crippen molar-refractivity contribution in [3.8, 4) is 0 Å². The topological polar surface area (TPSA) is 70.1 Å². The Bertz CT molecular complexity index is 395. The fourth-order valence-electron chi connectivity index (χ4n) is 2.99. The Morgan fingerprint density at radius 1 is 1.30 bits per heavy atom. The van der Waals surface area contributed by atoms with Gasteiger partial charge in [-0.15, -0.1) is 0 Å². The number of piperidine rings is 1. The first-order valence-electron chi connectivity index (χ1n) is 7.44. The SMILES string of the molecule is CN(CC1CCCOC1)S(=O)(=O)N1CCCC(CO)C1. The molecule has 0 aromatic heterocycles. The average molecular weight is 306 g/mol. The molecule has 0 saturated carbocycles. The summed E-state index contributed by atoms with van der Waals surface area (Å²) in [6.07, 6.45) is 3.77. The van der Waals surface area contributed by atoms with E-state index in [0.29, 0.717) is 32.2 Å². The number of aliphatic hydroxyl groups excluding tert-OH is 1. The summed E-state index contributed by atoms with van der Waals surface area (Å²) >= 11 is 0. The van der Waals surface area contributed by atoms with Crippen LogP contribution in [0.5, 0.6) is 0 Å². The predicted octanol–water partition coefficient (Wildman–Crippen LogP) is 0.294. The number of rotatable bonds is 5. The number of ether oxygens (including phenoxy) is 1. The third-order valence-corrected chi connectivity index (χ3v) is 6.15. The molecule has 1 N–H and O–H groups in total. The van der Waals surface area contributed by atoms with E-state index in [1.54, 1.807) is 7.05 Å². The highest BCUT2D eigenvalue weighted by Gasteiger charge is 2.32. The van der Waals surface area contributed by atoms with Crippen molar-refractivity contribution in [2.24, 2.45) is 11.8 Å². The molecule has 0 bridgehead atoms. The van der Waals surface area contributed by atoms with Gasteiger partial charge in [0, 0.05) is 39.9 Å². The molecule has 2 unspecified atom stereocenters. The number of hydrogen-bond donors (Lipinski definition) is 1. The third-order valence-electron chi connectivity index (χ3n) is 4.23. The minimum Gasteiger partial charge on any atom is -0.396 e. The zero-order valence-corrected chi connectivity index (χ0v) is 13.0. The Hall–Kier alpha value is -0.210. The van der Waals surface area contributed by atoms with Gasteiger partial charge >= 0.3 is 0 Å². The smallest absolute Gasteiger partial charge is 0.281 e. The minimum atomic E-state index is -3.40. The largest absolute Gasteiger partial charge is 0.396 e. The van der Waals surface area contributed by atoms with Crippen LogP contribution in [0.25, 0.3) is 0 Å². The van der Waals surface area contributed by atoms with Crippen LogP contribution >= 0.6 is 0 Å². The lowest BCUT2D eigenvalue weighted by Gasteiger charge is -2.35. The van der Waals surface area contributed by atoms with E-state index in [0.717, 1.165) is 32.3 Å². The second kappa shape index (κ2) is 7.17. The Labute approximate surface area is 121 Å². The van der Waals surface area contributed by atoms with Crippen molar-refractivity contribution in [2.45, 2.75) is 25.7 Å². The van der Waals surface area contributed by atoms with Crippen molar-refractivity contribution in [1.82, 2.24) is 8.61 Å². The molecule has 118 valence electrons. The van der Waals surface area contributed by atoms with Gasteiger partial charge in [-0.1, -0.05) is 0 Å². The van der Waals surface area contributed by atoms with Gasteiger partial charge in [0.1, 0.15) is 0 Å². The van der Waals surface area contributed by atoms with Crippen molar-refractivity contribution >= 4 is 10.2 Å². The molecule has 2 fully saturated rings. The van der Waals surface area contributed by atoms with Crippen LogP contribution in [-0.2, 0) is 14.9 Å². The molecular weight excluding hydrogens is 280 g/mol. The molecule has 0 aromatic carbocycles. The Kier molecular flexibility index (Phi) is 5.80. The highest BCUT2D eigenvalue weighted by Crippen LogP contribution is 2.22. The second-order valence-electron chi connectivity index (χ2n) is 5.92. The summed E-state index contributed by atoms with van der Waals surface area (Å²) in [5, 5.41) is 9.22. The number of nitrogens with zero attached hydrogens (tertiary/aromatic N) is 2. The first-order valence-corrected chi connectivity index (χ1v) is 8.83. The molecule has 2 saturated heterocycles. The molecule has 7 heteroatoms. The molecule has 2 aliphatic rings. The molecule has 0 spiro atoms. The van der Waals surface area contributed by atoms with E-state index in [9.17, 15) is 13.5 Å². The van der Waals surface area contributed by atoms with E-state index >= 15 is 0 Å². The molecule has 0 aromatic rings. The molecule has 2 atom stereocenters. The van der Waals surface area contributed by atoms with Gasteiger partial charge in [-0.25, -0.2) is 0 Å². The standard InChI is InChI=1S/C13H26N2O4S/c1-14(8-13-5-3-7-19-11-13)20(17,18)15-6-2-4-12(9-15)10-16/h12-13,16H,2-11H2,1H3. The Morgan fingerprint density at radius 2 is 2.05 bits per heavy atom. The highest BCUT2D eigenvalue weighted by atomic mass is 32.2. The molecule has 2 heterocycles. The van der Waals surface area contributed by atoms with Crippen molar-refractivity contribution in [2.75, 3.05) is 46.5 Å². The lowest BCUT2D eigenvalue weighted by atomic mass is 10.0. The van der Waals surface area contributed by atoms with E-state index in [1.165, 1.54) is 8.61 Å². The van der Waals surface area contributed by atoms with Crippen LogP contribution in [0, 0.1) is 11.8 Å². The lowest BCUT2D eigenvalue weighted by molar-refractivity contribution is 0.0488. The maximum absolute atomic E-state index is 12.6. The van der Waals surface area contributed by atoms with Gasteiger partial charge in [0.05, 0.1) is 6.61 Å². The molecule has 0 radical (unpaired) electrons. The third kappa shape index (κ3) is 3.92. The van der Waals surface area contributed by atoms with Crippen molar-refractivity contribution < 1.29 is 18.3 Å². The Morgan fingerprint density at radius 3 is 2.70 bits per heavy atom. The summed E-state index contributed by atoms with van der Waals surface area (Å²) in [7, 11) is -1.76. The van der Waals surface area contributed by atoms with Crippen LogP contribution in [0.1, 0.15) is 25.7 Å². The molecule has 0 aliphatic carbocycles. The predicted molar refractivity (Wildman–Crippen MR) is 76.5 cm³/mol. The minimum absolute atomic E-state index is 0.0617. The van der Waals surface area contributed by atoms with Crippen LogP contribution in [0.3, 0.4) is 0 Å². The summed E-state index contributed by atoms with van der Waals surface area (Å²) in [5.41, 5.74) is 0. The van der Waals surface area contributed by atoms with Gasteiger partial charge in [0.15, 0.2) is 0 Å².